The quantitative estimate of drug-likeness (QED) is 0.807. The molecule has 0 atom stereocenters. The Kier molecular flexibility index (Phi) is 3.32. The molecular formula is C11H14N6O2. The van der Waals surface area contributed by atoms with Gasteiger partial charge in [0.1, 0.15) is 5.69 Å². The molecule has 2 heterocycles. The maximum Gasteiger partial charge on any atom is 0.269 e. The van der Waals surface area contributed by atoms with E-state index in [-0.39, 0.29) is 17.3 Å². The number of hydrogen-bond donors (Lipinski definition) is 2. The number of primary amides is 1. The van der Waals surface area contributed by atoms with E-state index in [1.165, 1.54) is 17.1 Å². The van der Waals surface area contributed by atoms with Crippen LogP contribution in [0.2, 0.25) is 0 Å². The molecule has 19 heavy (non-hydrogen) atoms. The van der Waals surface area contributed by atoms with Gasteiger partial charge >= 0.3 is 0 Å². The van der Waals surface area contributed by atoms with E-state index >= 15 is 0 Å². The lowest BCUT2D eigenvalue weighted by molar-refractivity contribution is 0.0992. The van der Waals surface area contributed by atoms with Crippen LogP contribution in [0.25, 0.3) is 0 Å². The number of carbonyl (C=O) groups excluding carboxylic acids is 2. The van der Waals surface area contributed by atoms with Gasteiger partial charge in [-0.25, -0.2) is 0 Å². The lowest BCUT2D eigenvalue weighted by Gasteiger charge is -2.03. The van der Waals surface area contributed by atoms with Crippen LogP contribution >= 0.6 is 0 Å². The zero-order valence-electron chi connectivity index (χ0n) is 10.6. The molecular weight excluding hydrogens is 248 g/mol. The average molecular weight is 262 g/mol. The molecule has 0 unspecified atom stereocenters. The summed E-state index contributed by atoms with van der Waals surface area (Å²) in [4.78, 5) is 23.2. The molecule has 8 heteroatoms. The van der Waals surface area contributed by atoms with Gasteiger partial charge in [-0.3, -0.25) is 19.0 Å². The molecule has 0 saturated heterocycles. The van der Waals surface area contributed by atoms with Crippen molar-refractivity contribution in [1.29, 1.82) is 0 Å². The zero-order valence-corrected chi connectivity index (χ0v) is 10.6. The van der Waals surface area contributed by atoms with Gasteiger partial charge in [0.2, 0.25) is 0 Å². The van der Waals surface area contributed by atoms with Gasteiger partial charge in [-0.15, -0.1) is 0 Å². The largest absolute Gasteiger partial charge is 0.364 e. The molecule has 0 aromatic carbocycles. The summed E-state index contributed by atoms with van der Waals surface area (Å²) < 4.78 is 2.95. The summed E-state index contributed by atoms with van der Waals surface area (Å²) in [5, 5.41) is 10.5. The summed E-state index contributed by atoms with van der Waals surface area (Å²) in [5.74, 6) is -1.02. The number of aryl methyl sites for hydroxylation is 2. The Hall–Kier alpha value is -2.64. The van der Waals surface area contributed by atoms with Gasteiger partial charge in [0.15, 0.2) is 0 Å². The molecule has 2 rings (SSSR count). The number of aromatic nitrogens is 4. The van der Waals surface area contributed by atoms with E-state index < -0.39 is 5.91 Å². The molecule has 0 fully saturated rings. The number of carbonyl (C=O) groups is 2. The van der Waals surface area contributed by atoms with Crippen molar-refractivity contribution in [3.05, 3.63) is 29.8 Å². The number of nitrogens with two attached hydrogens (primary N) is 1. The van der Waals surface area contributed by atoms with E-state index in [4.69, 9.17) is 5.73 Å². The first-order valence-electron chi connectivity index (χ1n) is 5.68. The minimum absolute atomic E-state index is 0.149. The number of amides is 2. The number of nitrogens with one attached hydrogen (secondary N) is 1. The summed E-state index contributed by atoms with van der Waals surface area (Å²) >= 11 is 0. The molecule has 0 aliphatic carbocycles. The Balaban J connectivity index is 2.21. The van der Waals surface area contributed by atoms with E-state index in [2.05, 4.69) is 15.5 Å². The lowest BCUT2D eigenvalue weighted by atomic mass is 10.3. The first kappa shape index (κ1) is 12.8. The van der Waals surface area contributed by atoms with Crippen molar-refractivity contribution in [2.45, 2.75) is 13.5 Å². The monoisotopic (exact) mass is 262 g/mol. The summed E-state index contributed by atoms with van der Waals surface area (Å²) in [5.41, 5.74) is 6.07. The molecule has 3 N–H and O–H groups in total. The highest BCUT2D eigenvalue weighted by atomic mass is 16.2. The van der Waals surface area contributed by atoms with Crippen LogP contribution in [0.15, 0.2) is 18.6 Å². The molecule has 0 saturated carbocycles. The maximum absolute atomic E-state index is 12.0. The molecule has 0 aliphatic heterocycles. The van der Waals surface area contributed by atoms with Crippen LogP contribution in [0.3, 0.4) is 0 Å². The van der Waals surface area contributed by atoms with Crippen molar-refractivity contribution in [3.8, 4) is 0 Å². The van der Waals surface area contributed by atoms with Gasteiger partial charge in [0, 0.05) is 19.8 Å². The van der Waals surface area contributed by atoms with Crippen LogP contribution in [0, 0.1) is 0 Å². The normalized spacial score (nSPS) is 10.4. The molecule has 2 aromatic heterocycles. The first-order valence-corrected chi connectivity index (χ1v) is 5.68. The second-order valence-electron chi connectivity index (χ2n) is 3.93. The van der Waals surface area contributed by atoms with Gasteiger partial charge in [0.25, 0.3) is 11.8 Å². The standard InChI is InChI=1S/C11H14N6O2/c1-3-17-6-7(4-14-17)11(19)15-8-5-13-16(2)9(8)10(12)18/h4-6H,3H2,1-2H3,(H2,12,18)(H,15,19). The van der Waals surface area contributed by atoms with Crippen LogP contribution in [0.5, 0.6) is 0 Å². The Morgan fingerprint density at radius 1 is 1.37 bits per heavy atom. The van der Waals surface area contributed by atoms with Crippen LogP contribution in [0.1, 0.15) is 27.8 Å². The molecule has 0 bridgehead atoms. The van der Waals surface area contributed by atoms with E-state index in [9.17, 15) is 9.59 Å². The average Bonchev–Trinajstić information content (AvgIpc) is 2.96. The maximum atomic E-state index is 12.0. The molecule has 100 valence electrons. The minimum Gasteiger partial charge on any atom is -0.364 e. The highest BCUT2D eigenvalue weighted by Crippen LogP contribution is 2.14. The van der Waals surface area contributed by atoms with Gasteiger partial charge in [-0.2, -0.15) is 10.2 Å². The van der Waals surface area contributed by atoms with Crippen molar-refractivity contribution in [2.75, 3.05) is 5.32 Å². The highest BCUT2D eigenvalue weighted by Gasteiger charge is 2.17. The van der Waals surface area contributed by atoms with Crippen molar-refractivity contribution in [1.82, 2.24) is 19.6 Å². The first-order chi connectivity index (χ1) is 9.02. The molecule has 2 amide bonds. The van der Waals surface area contributed by atoms with Crippen LogP contribution < -0.4 is 11.1 Å². The number of hydrogen-bond acceptors (Lipinski definition) is 4. The van der Waals surface area contributed by atoms with Crippen LogP contribution in [0.4, 0.5) is 5.69 Å². The molecule has 8 nitrogen and oxygen atoms in total. The number of anilines is 1. The van der Waals surface area contributed by atoms with E-state index in [0.29, 0.717) is 12.1 Å². The topological polar surface area (TPSA) is 108 Å². The molecule has 0 aliphatic rings. The zero-order chi connectivity index (χ0) is 14.0. The van der Waals surface area contributed by atoms with E-state index in [1.807, 2.05) is 6.92 Å². The fraction of sp³-hybridized carbons (Fsp3) is 0.273. The second-order valence-corrected chi connectivity index (χ2v) is 3.93. The van der Waals surface area contributed by atoms with Crippen LogP contribution in [-0.2, 0) is 13.6 Å². The fourth-order valence-corrected chi connectivity index (χ4v) is 1.67. The third kappa shape index (κ3) is 2.46. The van der Waals surface area contributed by atoms with E-state index in [0.717, 1.165) is 0 Å². The predicted octanol–water partition coefficient (Wildman–Crippen LogP) is -0.0123. The van der Waals surface area contributed by atoms with E-state index in [1.54, 1.807) is 17.9 Å². The van der Waals surface area contributed by atoms with Gasteiger partial charge in [0.05, 0.1) is 23.6 Å². The Bertz CT molecular complexity index is 627. The smallest absolute Gasteiger partial charge is 0.269 e. The van der Waals surface area contributed by atoms with Gasteiger partial charge < -0.3 is 11.1 Å². The SMILES string of the molecule is CCn1cc(C(=O)Nc2cnn(C)c2C(N)=O)cn1. The van der Waals surface area contributed by atoms with Crippen molar-refractivity contribution in [2.24, 2.45) is 12.8 Å². The van der Waals surface area contributed by atoms with Crippen molar-refractivity contribution >= 4 is 17.5 Å². The molecule has 0 spiro atoms. The van der Waals surface area contributed by atoms with Crippen molar-refractivity contribution in [3.63, 3.8) is 0 Å². The Morgan fingerprint density at radius 2 is 2.11 bits per heavy atom. The van der Waals surface area contributed by atoms with Crippen LogP contribution in [-0.4, -0.2) is 31.4 Å². The summed E-state index contributed by atoms with van der Waals surface area (Å²) in [7, 11) is 1.57. The highest BCUT2D eigenvalue weighted by molar-refractivity contribution is 6.07. The second kappa shape index (κ2) is 4.92. The summed E-state index contributed by atoms with van der Waals surface area (Å²) in [6.45, 7) is 2.59. The lowest BCUT2D eigenvalue weighted by Crippen LogP contribution is -2.20. The molecule has 0 radical (unpaired) electrons. The Morgan fingerprint density at radius 3 is 2.68 bits per heavy atom. The summed E-state index contributed by atoms with van der Waals surface area (Å²) in [6.07, 6.45) is 4.46. The third-order valence-electron chi connectivity index (χ3n) is 2.64. The Labute approximate surface area is 109 Å². The minimum atomic E-state index is -0.653. The predicted molar refractivity (Wildman–Crippen MR) is 67.6 cm³/mol. The van der Waals surface area contributed by atoms with Crippen molar-refractivity contribution < 1.29 is 9.59 Å². The fourth-order valence-electron chi connectivity index (χ4n) is 1.67. The molecule has 2 aromatic rings. The van der Waals surface area contributed by atoms with Gasteiger partial charge in [-0.05, 0) is 6.92 Å². The van der Waals surface area contributed by atoms with Gasteiger partial charge in [-0.1, -0.05) is 0 Å². The number of rotatable bonds is 4. The summed E-state index contributed by atoms with van der Waals surface area (Å²) in [6, 6.07) is 0. The number of nitrogens with zero attached hydrogens (tertiary/aromatic N) is 4. The third-order valence-corrected chi connectivity index (χ3v) is 2.64.